The Balaban J connectivity index is 1.72. The molecule has 0 aromatic rings. The predicted octanol–water partition coefficient (Wildman–Crippen LogP) is 0.751. The molecule has 96 valence electrons. The predicted molar refractivity (Wildman–Crippen MR) is 64.4 cm³/mol. The Morgan fingerprint density at radius 2 is 2.00 bits per heavy atom. The second-order valence-corrected chi connectivity index (χ2v) is 6.07. The standard InChI is InChI=1S/C13H22N2O2/c1-13(5-2-6-17-13)12(16)15-7-9-3-4-10(8-15)11(9)14/h9-11H,2-8,14H2,1H3/t9-,10+,11?,13-/m0/s1. The van der Waals surface area contributed by atoms with E-state index in [2.05, 4.69) is 0 Å². The molecule has 0 aromatic carbocycles. The Morgan fingerprint density at radius 3 is 2.53 bits per heavy atom. The summed E-state index contributed by atoms with van der Waals surface area (Å²) < 4.78 is 5.65. The van der Waals surface area contributed by atoms with E-state index in [-0.39, 0.29) is 5.91 Å². The normalized spacial score (nSPS) is 45.3. The minimum Gasteiger partial charge on any atom is -0.365 e. The van der Waals surface area contributed by atoms with Crippen molar-refractivity contribution in [3.63, 3.8) is 0 Å². The van der Waals surface area contributed by atoms with E-state index in [1.165, 1.54) is 12.8 Å². The maximum Gasteiger partial charge on any atom is 0.254 e. The minimum atomic E-state index is -0.555. The zero-order chi connectivity index (χ0) is 12.0. The van der Waals surface area contributed by atoms with E-state index in [9.17, 15) is 4.79 Å². The van der Waals surface area contributed by atoms with Crippen LogP contribution < -0.4 is 5.73 Å². The highest BCUT2D eigenvalue weighted by Crippen LogP contribution is 2.37. The van der Waals surface area contributed by atoms with E-state index in [4.69, 9.17) is 10.5 Å². The number of amides is 1. The lowest BCUT2D eigenvalue weighted by atomic mass is 9.91. The number of piperidine rings is 1. The van der Waals surface area contributed by atoms with Crippen LogP contribution >= 0.6 is 0 Å². The van der Waals surface area contributed by atoms with Crippen LogP contribution in [0.4, 0.5) is 0 Å². The van der Waals surface area contributed by atoms with Crippen molar-refractivity contribution in [2.24, 2.45) is 17.6 Å². The molecule has 17 heavy (non-hydrogen) atoms. The smallest absolute Gasteiger partial charge is 0.254 e. The van der Waals surface area contributed by atoms with Gasteiger partial charge in [0.25, 0.3) is 5.91 Å². The van der Waals surface area contributed by atoms with Crippen LogP contribution in [0, 0.1) is 11.8 Å². The van der Waals surface area contributed by atoms with Crippen LogP contribution in [0.2, 0.25) is 0 Å². The molecular formula is C13H22N2O2. The first-order valence-electron chi connectivity index (χ1n) is 6.79. The number of rotatable bonds is 1. The Labute approximate surface area is 102 Å². The van der Waals surface area contributed by atoms with Crippen molar-refractivity contribution in [1.29, 1.82) is 0 Å². The first-order chi connectivity index (χ1) is 8.10. The molecule has 0 spiro atoms. The number of hydrogen-bond donors (Lipinski definition) is 1. The van der Waals surface area contributed by atoms with Crippen molar-refractivity contribution < 1.29 is 9.53 Å². The molecule has 2 bridgehead atoms. The van der Waals surface area contributed by atoms with Crippen LogP contribution in [0.15, 0.2) is 0 Å². The van der Waals surface area contributed by atoms with Gasteiger partial charge in [-0.3, -0.25) is 4.79 Å². The van der Waals surface area contributed by atoms with E-state index in [1.54, 1.807) is 0 Å². The molecule has 3 rings (SSSR count). The zero-order valence-electron chi connectivity index (χ0n) is 10.5. The maximum absolute atomic E-state index is 12.5. The number of nitrogens with two attached hydrogens (primary N) is 1. The summed E-state index contributed by atoms with van der Waals surface area (Å²) in [5.74, 6) is 1.23. The molecule has 1 aliphatic carbocycles. The van der Waals surface area contributed by atoms with Gasteiger partial charge >= 0.3 is 0 Å². The average molecular weight is 238 g/mol. The van der Waals surface area contributed by atoms with Crippen LogP contribution in [0.1, 0.15) is 32.6 Å². The van der Waals surface area contributed by atoms with Crippen molar-refractivity contribution in [3.8, 4) is 0 Å². The average Bonchev–Trinajstić information content (AvgIpc) is 2.81. The third-order valence-electron chi connectivity index (χ3n) is 4.87. The number of carbonyl (C=O) groups excluding carboxylic acids is 1. The summed E-state index contributed by atoms with van der Waals surface area (Å²) in [5.41, 5.74) is 5.61. The van der Waals surface area contributed by atoms with Gasteiger partial charge in [0.15, 0.2) is 0 Å². The molecule has 1 amide bonds. The van der Waals surface area contributed by atoms with Crippen LogP contribution in [-0.2, 0) is 9.53 Å². The maximum atomic E-state index is 12.5. The first kappa shape index (κ1) is 11.5. The molecule has 4 atom stereocenters. The minimum absolute atomic E-state index is 0.193. The monoisotopic (exact) mass is 238 g/mol. The lowest BCUT2D eigenvalue weighted by Gasteiger charge is -2.39. The van der Waals surface area contributed by atoms with Gasteiger partial charge < -0.3 is 15.4 Å². The lowest BCUT2D eigenvalue weighted by Crippen LogP contribution is -2.55. The zero-order valence-corrected chi connectivity index (χ0v) is 10.5. The summed E-state index contributed by atoms with van der Waals surface area (Å²) in [6.45, 7) is 4.35. The molecule has 4 nitrogen and oxygen atoms in total. The van der Waals surface area contributed by atoms with E-state index in [0.717, 1.165) is 32.5 Å². The fourth-order valence-electron chi connectivity index (χ4n) is 3.71. The van der Waals surface area contributed by atoms with Gasteiger partial charge in [0.05, 0.1) is 0 Å². The third-order valence-corrected chi connectivity index (χ3v) is 4.87. The summed E-state index contributed by atoms with van der Waals surface area (Å²) in [6, 6.07) is 0.316. The van der Waals surface area contributed by atoms with Crippen molar-refractivity contribution >= 4 is 5.91 Å². The molecule has 2 heterocycles. The van der Waals surface area contributed by atoms with Gasteiger partial charge in [-0.1, -0.05) is 0 Å². The summed E-state index contributed by atoms with van der Waals surface area (Å²) >= 11 is 0. The van der Waals surface area contributed by atoms with Crippen LogP contribution in [0.5, 0.6) is 0 Å². The number of likely N-dealkylation sites (tertiary alicyclic amines) is 1. The summed E-state index contributed by atoms with van der Waals surface area (Å²) in [6.07, 6.45) is 4.24. The van der Waals surface area contributed by atoms with E-state index in [1.807, 2.05) is 11.8 Å². The molecule has 2 aliphatic heterocycles. The summed E-state index contributed by atoms with van der Waals surface area (Å²) in [5, 5.41) is 0. The molecule has 1 saturated carbocycles. The third kappa shape index (κ3) is 1.78. The fraction of sp³-hybridized carbons (Fsp3) is 0.923. The Bertz CT molecular complexity index is 311. The lowest BCUT2D eigenvalue weighted by molar-refractivity contribution is -0.153. The van der Waals surface area contributed by atoms with Crippen LogP contribution in [0.3, 0.4) is 0 Å². The largest absolute Gasteiger partial charge is 0.365 e. The molecule has 2 N–H and O–H groups in total. The molecule has 3 aliphatic rings. The highest BCUT2D eigenvalue weighted by Gasteiger charge is 2.46. The number of nitrogens with zero attached hydrogens (tertiary/aromatic N) is 1. The van der Waals surface area contributed by atoms with Crippen molar-refractivity contribution in [2.75, 3.05) is 19.7 Å². The van der Waals surface area contributed by atoms with Gasteiger partial charge in [0.1, 0.15) is 5.60 Å². The quantitative estimate of drug-likeness (QED) is 0.733. The topological polar surface area (TPSA) is 55.6 Å². The molecular weight excluding hydrogens is 216 g/mol. The Hall–Kier alpha value is -0.610. The highest BCUT2D eigenvalue weighted by molar-refractivity contribution is 5.85. The second-order valence-electron chi connectivity index (χ2n) is 6.07. The van der Waals surface area contributed by atoms with Crippen molar-refractivity contribution in [3.05, 3.63) is 0 Å². The van der Waals surface area contributed by atoms with Gasteiger partial charge in [0.2, 0.25) is 0 Å². The molecule has 2 saturated heterocycles. The number of fused-ring (bicyclic) bond motifs is 2. The number of ether oxygens (including phenoxy) is 1. The van der Waals surface area contributed by atoms with Gasteiger partial charge in [-0.05, 0) is 44.4 Å². The first-order valence-corrected chi connectivity index (χ1v) is 6.79. The van der Waals surface area contributed by atoms with Crippen LogP contribution in [0.25, 0.3) is 0 Å². The van der Waals surface area contributed by atoms with Gasteiger partial charge in [-0.25, -0.2) is 0 Å². The van der Waals surface area contributed by atoms with Crippen LogP contribution in [-0.4, -0.2) is 42.1 Å². The molecule has 3 fully saturated rings. The second kappa shape index (κ2) is 3.95. The van der Waals surface area contributed by atoms with Gasteiger partial charge in [-0.15, -0.1) is 0 Å². The number of carbonyl (C=O) groups is 1. The van der Waals surface area contributed by atoms with Crippen molar-refractivity contribution in [1.82, 2.24) is 4.90 Å². The van der Waals surface area contributed by atoms with Gasteiger partial charge in [-0.2, -0.15) is 0 Å². The number of hydrogen-bond acceptors (Lipinski definition) is 3. The van der Waals surface area contributed by atoms with Gasteiger partial charge in [0, 0.05) is 25.7 Å². The van der Waals surface area contributed by atoms with E-state index in [0.29, 0.717) is 17.9 Å². The molecule has 1 unspecified atom stereocenters. The Morgan fingerprint density at radius 1 is 1.35 bits per heavy atom. The SMILES string of the molecule is C[C@@]1(C(=O)N2C[C@H]3CC[C@@H](C2)C3N)CCCO1. The Kier molecular flexibility index (Phi) is 2.67. The molecule has 4 heteroatoms. The fourth-order valence-corrected chi connectivity index (χ4v) is 3.71. The van der Waals surface area contributed by atoms with E-state index >= 15 is 0 Å². The molecule has 0 radical (unpaired) electrons. The summed E-state index contributed by atoms with van der Waals surface area (Å²) in [7, 11) is 0. The summed E-state index contributed by atoms with van der Waals surface area (Å²) in [4.78, 5) is 14.5. The molecule has 0 aromatic heterocycles. The van der Waals surface area contributed by atoms with Crippen molar-refractivity contribution in [2.45, 2.75) is 44.2 Å². The van der Waals surface area contributed by atoms with E-state index < -0.39 is 5.60 Å². The highest BCUT2D eigenvalue weighted by atomic mass is 16.5.